The molecular weight excluding hydrogens is 428 g/mol. The van der Waals surface area contributed by atoms with Crippen molar-refractivity contribution >= 4 is 35.7 Å². The van der Waals surface area contributed by atoms with Crippen molar-refractivity contribution in [3.63, 3.8) is 0 Å². The number of anilines is 2. The van der Waals surface area contributed by atoms with Gasteiger partial charge in [-0.25, -0.2) is 4.98 Å². The van der Waals surface area contributed by atoms with Crippen LogP contribution in [0.5, 0.6) is 0 Å². The van der Waals surface area contributed by atoms with Gasteiger partial charge in [0.2, 0.25) is 5.91 Å². The Kier molecular flexibility index (Phi) is 7.87. The number of halogens is 1. The normalized spacial score (nSPS) is 20.6. The van der Waals surface area contributed by atoms with E-state index in [4.69, 9.17) is 4.74 Å². The number of rotatable bonds is 5. The number of hydrogen-bond donors (Lipinski definition) is 1. The van der Waals surface area contributed by atoms with Gasteiger partial charge < -0.3 is 19.9 Å². The van der Waals surface area contributed by atoms with Crippen molar-refractivity contribution in [2.24, 2.45) is 0 Å². The number of nitrogens with one attached hydrogen (secondary N) is 1. The molecule has 1 aromatic heterocycles. The van der Waals surface area contributed by atoms with Crippen LogP contribution in [0.3, 0.4) is 0 Å². The van der Waals surface area contributed by atoms with E-state index in [1.165, 1.54) is 6.92 Å². The number of morpholine rings is 1. The molecule has 2 saturated heterocycles. The molecule has 2 aliphatic rings. The zero-order valence-corrected chi connectivity index (χ0v) is 19.4. The molecule has 1 spiro atoms. The predicted octanol–water partition coefficient (Wildman–Crippen LogP) is 3.29. The summed E-state index contributed by atoms with van der Waals surface area (Å²) in [5.41, 5.74) is 1.62. The number of benzene rings is 1. The van der Waals surface area contributed by atoms with E-state index < -0.39 is 6.10 Å². The maximum absolute atomic E-state index is 12.7. The number of piperidine rings is 1. The minimum absolute atomic E-state index is 0. The average Bonchev–Trinajstić information content (AvgIpc) is 2.76. The third-order valence-electron chi connectivity index (χ3n) is 6.12. The second-order valence-corrected chi connectivity index (χ2v) is 8.49. The Labute approximate surface area is 195 Å². The van der Waals surface area contributed by atoms with Gasteiger partial charge in [0.25, 0.3) is 5.91 Å². The van der Waals surface area contributed by atoms with Crippen molar-refractivity contribution in [3.05, 3.63) is 54.2 Å². The van der Waals surface area contributed by atoms with Gasteiger partial charge in [0.15, 0.2) is 0 Å². The Hall–Kier alpha value is -2.48. The van der Waals surface area contributed by atoms with Crippen LogP contribution in [0.4, 0.5) is 11.5 Å². The van der Waals surface area contributed by atoms with Crippen LogP contribution in [-0.4, -0.2) is 59.6 Å². The predicted molar refractivity (Wildman–Crippen MR) is 127 cm³/mol. The molecule has 4 rings (SSSR count). The first kappa shape index (κ1) is 24.2. The number of carbonyl (C=O) groups excluding carboxylic acids is 2. The van der Waals surface area contributed by atoms with E-state index in [1.54, 1.807) is 6.07 Å². The summed E-state index contributed by atoms with van der Waals surface area (Å²) in [5.74, 6) is 0.512. The zero-order chi connectivity index (χ0) is 21.8. The number of ether oxygens (including phenoxy) is 1. The van der Waals surface area contributed by atoms with Crippen molar-refractivity contribution in [2.45, 2.75) is 44.8 Å². The number of carbonyl (C=O) groups is 2. The standard InChI is InChI=1S/C24H30N4O3.ClH/c1-18-23(30)28(21-8-4-3-5-9-21)17-24(31-18)12-15-27(16-13-24)14-11-20-7-6-10-22(26-20)25-19(2)29;/h3-10,18H,11-17H2,1-2H3,(H,25,26,29);1H. The molecule has 0 bridgehead atoms. The van der Waals surface area contributed by atoms with Crippen LogP contribution in [0.2, 0.25) is 0 Å². The number of nitrogens with zero attached hydrogens (tertiary/aromatic N) is 3. The maximum atomic E-state index is 12.7. The maximum Gasteiger partial charge on any atom is 0.255 e. The van der Waals surface area contributed by atoms with Crippen molar-refractivity contribution < 1.29 is 14.3 Å². The van der Waals surface area contributed by atoms with Gasteiger partial charge in [-0.15, -0.1) is 12.4 Å². The first-order valence-corrected chi connectivity index (χ1v) is 10.9. The highest BCUT2D eigenvalue weighted by Gasteiger charge is 2.45. The van der Waals surface area contributed by atoms with Gasteiger partial charge in [-0.1, -0.05) is 24.3 Å². The Bertz CT molecular complexity index is 932. The van der Waals surface area contributed by atoms with E-state index in [1.807, 2.05) is 54.3 Å². The van der Waals surface area contributed by atoms with E-state index in [0.717, 1.165) is 50.3 Å². The molecule has 0 aliphatic carbocycles. The summed E-state index contributed by atoms with van der Waals surface area (Å²) in [6, 6.07) is 15.6. The molecule has 2 aromatic rings. The lowest BCUT2D eigenvalue weighted by molar-refractivity contribution is -0.161. The number of para-hydroxylation sites is 1. The molecule has 2 aliphatic heterocycles. The molecule has 2 amide bonds. The summed E-state index contributed by atoms with van der Waals surface area (Å²) in [6.45, 7) is 6.71. The Morgan fingerprint density at radius 2 is 1.88 bits per heavy atom. The molecule has 1 N–H and O–H groups in total. The van der Waals surface area contributed by atoms with Gasteiger partial charge in [0, 0.05) is 44.4 Å². The van der Waals surface area contributed by atoms with Crippen molar-refractivity contribution in [1.29, 1.82) is 0 Å². The summed E-state index contributed by atoms with van der Waals surface area (Å²) < 4.78 is 6.27. The molecule has 8 heteroatoms. The molecule has 1 aromatic carbocycles. The third-order valence-corrected chi connectivity index (χ3v) is 6.12. The SMILES string of the molecule is CC(=O)Nc1cccc(CCN2CCC3(CC2)CN(c2ccccc2)C(=O)C(C)O3)n1.Cl. The van der Waals surface area contributed by atoms with Gasteiger partial charge in [0.1, 0.15) is 11.9 Å². The van der Waals surface area contributed by atoms with Crippen molar-refractivity contribution in [1.82, 2.24) is 9.88 Å². The number of amides is 2. The summed E-state index contributed by atoms with van der Waals surface area (Å²) in [6.07, 6.45) is 2.19. The van der Waals surface area contributed by atoms with Crippen LogP contribution in [0, 0.1) is 0 Å². The van der Waals surface area contributed by atoms with Crippen molar-refractivity contribution in [2.75, 3.05) is 36.4 Å². The van der Waals surface area contributed by atoms with Crippen LogP contribution in [0.1, 0.15) is 32.4 Å². The van der Waals surface area contributed by atoms with Gasteiger partial charge in [0.05, 0.1) is 12.1 Å². The number of aromatic nitrogens is 1. The number of hydrogen-bond acceptors (Lipinski definition) is 5. The lowest BCUT2D eigenvalue weighted by Gasteiger charge is -2.49. The van der Waals surface area contributed by atoms with Crippen LogP contribution in [0.15, 0.2) is 48.5 Å². The van der Waals surface area contributed by atoms with Gasteiger partial charge >= 0.3 is 0 Å². The molecule has 32 heavy (non-hydrogen) atoms. The molecule has 0 saturated carbocycles. The highest BCUT2D eigenvalue weighted by molar-refractivity contribution is 5.97. The van der Waals surface area contributed by atoms with Crippen LogP contribution < -0.4 is 10.2 Å². The summed E-state index contributed by atoms with van der Waals surface area (Å²) in [5, 5.41) is 2.73. The second-order valence-electron chi connectivity index (χ2n) is 8.49. The highest BCUT2D eigenvalue weighted by Crippen LogP contribution is 2.35. The molecule has 7 nitrogen and oxygen atoms in total. The average molecular weight is 459 g/mol. The fraction of sp³-hybridized carbons (Fsp3) is 0.458. The molecule has 1 unspecified atom stereocenters. The molecule has 172 valence electrons. The van der Waals surface area contributed by atoms with E-state index in [9.17, 15) is 9.59 Å². The zero-order valence-electron chi connectivity index (χ0n) is 18.6. The fourth-order valence-electron chi connectivity index (χ4n) is 4.48. The highest BCUT2D eigenvalue weighted by atomic mass is 35.5. The smallest absolute Gasteiger partial charge is 0.255 e. The van der Waals surface area contributed by atoms with Crippen LogP contribution in [-0.2, 0) is 20.7 Å². The van der Waals surface area contributed by atoms with E-state index in [2.05, 4.69) is 15.2 Å². The first-order valence-electron chi connectivity index (χ1n) is 10.9. The van der Waals surface area contributed by atoms with Gasteiger partial charge in [-0.05, 0) is 44.0 Å². The summed E-state index contributed by atoms with van der Waals surface area (Å²) in [4.78, 5) is 32.8. The Balaban J connectivity index is 0.00000289. The third kappa shape index (κ3) is 5.65. The van der Waals surface area contributed by atoms with E-state index in [0.29, 0.717) is 12.4 Å². The molecular formula is C24H31ClN4O3. The molecule has 1 atom stereocenters. The van der Waals surface area contributed by atoms with Gasteiger partial charge in [-0.2, -0.15) is 0 Å². The van der Waals surface area contributed by atoms with Crippen molar-refractivity contribution in [3.8, 4) is 0 Å². The van der Waals surface area contributed by atoms with Crippen LogP contribution in [0.25, 0.3) is 0 Å². The largest absolute Gasteiger partial charge is 0.360 e. The summed E-state index contributed by atoms with van der Waals surface area (Å²) in [7, 11) is 0. The Morgan fingerprint density at radius 3 is 2.56 bits per heavy atom. The Morgan fingerprint density at radius 1 is 1.16 bits per heavy atom. The molecule has 2 fully saturated rings. The lowest BCUT2D eigenvalue weighted by atomic mass is 9.88. The van der Waals surface area contributed by atoms with Crippen LogP contribution >= 0.6 is 12.4 Å². The van der Waals surface area contributed by atoms with E-state index >= 15 is 0 Å². The molecule has 3 heterocycles. The summed E-state index contributed by atoms with van der Waals surface area (Å²) >= 11 is 0. The fourth-order valence-corrected chi connectivity index (χ4v) is 4.48. The number of pyridine rings is 1. The second kappa shape index (κ2) is 10.4. The first-order chi connectivity index (χ1) is 14.9. The number of likely N-dealkylation sites (tertiary alicyclic amines) is 1. The topological polar surface area (TPSA) is 74.8 Å². The quantitative estimate of drug-likeness (QED) is 0.744. The van der Waals surface area contributed by atoms with Gasteiger partial charge in [-0.3, -0.25) is 9.59 Å². The minimum Gasteiger partial charge on any atom is -0.360 e. The molecule has 0 radical (unpaired) electrons. The monoisotopic (exact) mass is 458 g/mol. The lowest BCUT2D eigenvalue weighted by Crippen LogP contribution is -2.61. The minimum atomic E-state index is -0.429. The van der Waals surface area contributed by atoms with E-state index in [-0.39, 0.29) is 29.8 Å².